The summed E-state index contributed by atoms with van der Waals surface area (Å²) in [7, 11) is 0. The summed E-state index contributed by atoms with van der Waals surface area (Å²) in [5.41, 5.74) is 1.12. The predicted octanol–water partition coefficient (Wildman–Crippen LogP) is 4.16. The second-order valence-electron chi connectivity index (χ2n) is 5.65. The Balaban J connectivity index is 2.01. The summed E-state index contributed by atoms with van der Waals surface area (Å²) in [5.74, 6) is -0.219. The molecule has 0 saturated heterocycles. The molecule has 1 aliphatic carbocycles. The summed E-state index contributed by atoms with van der Waals surface area (Å²) in [6.07, 6.45) is 1.10. The van der Waals surface area contributed by atoms with Gasteiger partial charge in [-0.3, -0.25) is 0 Å². The summed E-state index contributed by atoms with van der Waals surface area (Å²) in [5, 5.41) is 13.4. The van der Waals surface area contributed by atoms with Crippen LogP contribution >= 0.6 is 0 Å². The lowest BCUT2D eigenvalue weighted by Gasteiger charge is -2.26. The lowest BCUT2D eigenvalue weighted by Crippen LogP contribution is -2.24. The zero-order chi connectivity index (χ0) is 14.4. The molecular weight excluding hydrogens is 263 g/mol. The fourth-order valence-electron chi connectivity index (χ4n) is 3.51. The molecule has 21 heavy (non-hydrogen) atoms. The summed E-state index contributed by atoms with van der Waals surface area (Å²) >= 11 is 0. The summed E-state index contributed by atoms with van der Waals surface area (Å²) in [6.45, 7) is 0. The Bertz CT molecular complexity index is 835. The van der Waals surface area contributed by atoms with Crippen LogP contribution in [0.15, 0.2) is 60.7 Å². The third kappa shape index (κ3) is 1.72. The van der Waals surface area contributed by atoms with Crippen LogP contribution in [0.25, 0.3) is 10.8 Å². The first kappa shape index (κ1) is 12.5. The zero-order valence-electron chi connectivity index (χ0n) is 11.5. The molecule has 0 fully saturated rings. The van der Waals surface area contributed by atoms with Crippen molar-refractivity contribution >= 4 is 10.8 Å². The van der Waals surface area contributed by atoms with Gasteiger partial charge in [0.25, 0.3) is 0 Å². The van der Waals surface area contributed by atoms with Crippen LogP contribution in [0.3, 0.4) is 0 Å². The number of aliphatic hydroxyl groups is 1. The first-order valence-corrected chi connectivity index (χ1v) is 7.19. The fraction of sp³-hybridized carbons (Fsp3) is 0.158. The van der Waals surface area contributed by atoms with Gasteiger partial charge >= 0.3 is 0 Å². The normalized spacial score (nSPS) is 20.7. The molecule has 0 bridgehead atoms. The topological polar surface area (TPSA) is 20.2 Å². The standard InChI is InChI=1S/C19H15FO/c20-18-10-4-9-17-15(18)11-12-19(17,21)16-8-3-6-13-5-1-2-7-14(13)16/h1-10,21H,11-12H2. The maximum atomic E-state index is 14.0. The lowest BCUT2D eigenvalue weighted by atomic mass is 9.85. The molecule has 0 aromatic heterocycles. The Morgan fingerprint density at radius 1 is 0.857 bits per heavy atom. The highest BCUT2D eigenvalue weighted by Gasteiger charge is 2.40. The van der Waals surface area contributed by atoms with E-state index in [1.165, 1.54) is 6.07 Å². The van der Waals surface area contributed by atoms with E-state index in [9.17, 15) is 9.50 Å². The van der Waals surface area contributed by atoms with Crippen LogP contribution in [0.4, 0.5) is 4.39 Å². The van der Waals surface area contributed by atoms with E-state index in [1.54, 1.807) is 6.07 Å². The molecule has 3 aromatic carbocycles. The van der Waals surface area contributed by atoms with Crippen molar-refractivity contribution in [3.8, 4) is 0 Å². The summed E-state index contributed by atoms with van der Waals surface area (Å²) < 4.78 is 14.0. The number of halogens is 1. The molecule has 4 rings (SSSR count). The number of rotatable bonds is 1. The predicted molar refractivity (Wildman–Crippen MR) is 81.7 cm³/mol. The summed E-state index contributed by atoms with van der Waals surface area (Å²) in [4.78, 5) is 0. The number of benzene rings is 3. The van der Waals surface area contributed by atoms with Gasteiger partial charge in [0.2, 0.25) is 0 Å². The van der Waals surface area contributed by atoms with Crippen LogP contribution < -0.4 is 0 Å². The Labute approximate surface area is 122 Å². The van der Waals surface area contributed by atoms with E-state index in [2.05, 4.69) is 0 Å². The van der Waals surface area contributed by atoms with E-state index in [4.69, 9.17) is 0 Å². The first-order valence-electron chi connectivity index (χ1n) is 7.19. The molecule has 104 valence electrons. The molecule has 0 amide bonds. The molecule has 2 heteroatoms. The van der Waals surface area contributed by atoms with Crippen LogP contribution in [0.1, 0.15) is 23.1 Å². The van der Waals surface area contributed by atoms with Gasteiger partial charge in [0.1, 0.15) is 11.4 Å². The van der Waals surface area contributed by atoms with Crippen molar-refractivity contribution in [3.63, 3.8) is 0 Å². The van der Waals surface area contributed by atoms with Crippen LogP contribution in [0.2, 0.25) is 0 Å². The van der Waals surface area contributed by atoms with Crippen molar-refractivity contribution in [3.05, 3.63) is 83.2 Å². The molecule has 0 spiro atoms. The number of fused-ring (bicyclic) bond motifs is 2. The van der Waals surface area contributed by atoms with E-state index in [0.717, 1.165) is 16.3 Å². The first-order chi connectivity index (χ1) is 10.2. The molecule has 1 unspecified atom stereocenters. The number of hydrogen-bond acceptors (Lipinski definition) is 1. The van der Waals surface area contributed by atoms with Crippen LogP contribution in [-0.2, 0) is 12.0 Å². The smallest absolute Gasteiger partial charge is 0.126 e. The average Bonchev–Trinajstić information content (AvgIpc) is 2.87. The van der Waals surface area contributed by atoms with Gasteiger partial charge in [-0.15, -0.1) is 0 Å². The van der Waals surface area contributed by atoms with Gasteiger partial charge in [0, 0.05) is 0 Å². The molecule has 1 atom stereocenters. The molecule has 0 aliphatic heterocycles. The SMILES string of the molecule is OC1(c2cccc3ccccc23)CCc2c(F)cccc21. The van der Waals surface area contributed by atoms with Gasteiger partial charge in [0.05, 0.1) is 0 Å². The molecule has 0 saturated carbocycles. The minimum Gasteiger partial charge on any atom is -0.380 e. The van der Waals surface area contributed by atoms with E-state index in [1.807, 2.05) is 48.5 Å². The molecule has 3 aromatic rings. The molecule has 0 heterocycles. The molecule has 0 radical (unpaired) electrons. The second-order valence-corrected chi connectivity index (χ2v) is 5.65. The zero-order valence-corrected chi connectivity index (χ0v) is 11.5. The van der Waals surface area contributed by atoms with E-state index >= 15 is 0 Å². The van der Waals surface area contributed by atoms with Gasteiger partial charge in [-0.05, 0) is 46.4 Å². The van der Waals surface area contributed by atoms with Gasteiger partial charge in [-0.2, -0.15) is 0 Å². The lowest BCUT2D eigenvalue weighted by molar-refractivity contribution is 0.0845. The van der Waals surface area contributed by atoms with Gasteiger partial charge < -0.3 is 5.11 Å². The summed E-state index contributed by atoms with van der Waals surface area (Å²) in [6, 6.07) is 18.9. The van der Waals surface area contributed by atoms with Crippen molar-refractivity contribution in [2.75, 3.05) is 0 Å². The van der Waals surface area contributed by atoms with Crippen molar-refractivity contribution in [1.82, 2.24) is 0 Å². The van der Waals surface area contributed by atoms with E-state index in [-0.39, 0.29) is 5.82 Å². The van der Waals surface area contributed by atoms with Crippen LogP contribution in [0.5, 0.6) is 0 Å². The highest BCUT2D eigenvalue weighted by molar-refractivity contribution is 5.87. The van der Waals surface area contributed by atoms with E-state index < -0.39 is 5.60 Å². The average molecular weight is 278 g/mol. The maximum absolute atomic E-state index is 14.0. The van der Waals surface area contributed by atoms with Crippen LogP contribution in [-0.4, -0.2) is 5.11 Å². The van der Waals surface area contributed by atoms with E-state index in [0.29, 0.717) is 24.0 Å². The Morgan fingerprint density at radius 2 is 1.57 bits per heavy atom. The van der Waals surface area contributed by atoms with Crippen LogP contribution in [0, 0.1) is 5.82 Å². The number of hydrogen-bond donors (Lipinski definition) is 1. The molecule has 1 aliphatic rings. The second kappa shape index (κ2) is 4.40. The Kier molecular flexibility index (Phi) is 2.63. The van der Waals surface area contributed by atoms with Crippen molar-refractivity contribution < 1.29 is 9.50 Å². The van der Waals surface area contributed by atoms with Gasteiger partial charge in [0.15, 0.2) is 0 Å². The third-order valence-electron chi connectivity index (χ3n) is 4.54. The van der Waals surface area contributed by atoms with Gasteiger partial charge in [-0.25, -0.2) is 4.39 Å². The van der Waals surface area contributed by atoms with Crippen molar-refractivity contribution in [1.29, 1.82) is 0 Å². The molecular formula is C19H15FO. The minimum absolute atomic E-state index is 0.219. The Morgan fingerprint density at radius 3 is 2.48 bits per heavy atom. The monoisotopic (exact) mass is 278 g/mol. The Hall–Kier alpha value is -2.19. The fourth-order valence-corrected chi connectivity index (χ4v) is 3.51. The quantitative estimate of drug-likeness (QED) is 0.708. The molecule has 1 nitrogen and oxygen atoms in total. The largest absolute Gasteiger partial charge is 0.380 e. The van der Waals surface area contributed by atoms with Crippen molar-refractivity contribution in [2.24, 2.45) is 0 Å². The van der Waals surface area contributed by atoms with Crippen molar-refractivity contribution in [2.45, 2.75) is 18.4 Å². The highest BCUT2D eigenvalue weighted by Crippen LogP contribution is 2.44. The maximum Gasteiger partial charge on any atom is 0.126 e. The highest BCUT2D eigenvalue weighted by atomic mass is 19.1. The minimum atomic E-state index is -1.10. The molecule has 1 N–H and O–H groups in total. The third-order valence-corrected chi connectivity index (χ3v) is 4.54. The van der Waals surface area contributed by atoms with Gasteiger partial charge in [-0.1, -0.05) is 54.6 Å².